The molecule has 0 aromatic heterocycles. The summed E-state index contributed by atoms with van der Waals surface area (Å²) < 4.78 is 5.92. The first-order valence-electron chi connectivity index (χ1n) is 10.2. The van der Waals surface area contributed by atoms with E-state index in [0.717, 1.165) is 45.3 Å². The number of hydrogen-bond donors (Lipinski definition) is 1. The van der Waals surface area contributed by atoms with Crippen molar-refractivity contribution < 1.29 is 9.53 Å². The zero-order valence-corrected chi connectivity index (χ0v) is 16.5. The van der Waals surface area contributed by atoms with E-state index in [4.69, 9.17) is 11.2 Å². The van der Waals surface area contributed by atoms with Crippen molar-refractivity contribution in [3.63, 3.8) is 0 Å². The van der Waals surface area contributed by atoms with Crippen LogP contribution in [0.3, 0.4) is 0 Å². The van der Waals surface area contributed by atoms with Gasteiger partial charge in [0.2, 0.25) is 5.91 Å². The molecule has 1 amide bonds. The summed E-state index contributed by atoms with van der Waals surface area (Å²) in [5.74, 6) is 2.63. The summed E-state index contributed by atoms with van der Waals surface area (Å²) in [6, 6.07) is 10.6. The van der Waals surface area contributed by atoms with Gasteiger partial charge in [0, 0.05) is 51.9 Å². The lowest BCUT2D eigenvalue weighted by Gasteiger charge is -2.31. The Kier molecular flexibility index (Phi) is 7.58. The van der Waals surface area contributed by atoms with E-state index >= 15 is 0 Å². The van der Waals surface area contributed by atoms with E-state index < -0.39 is 0 Å². The molecule has 0 unspecified atom stereocenters. The number of benzene rings is 1. The molecule has 0 aliphatic carbocycles. The number of ether oxygens (including phenoxy) is 1. The maximum atomic E-state index is 12.0. The van der Waals surface area contributed by atoms with Gasteiger partial charge in [-0.15, -0.1) is 12.3 Å². The summed E-state index contributed by atoms with van der Waals surface area (Å²) >= 11 is 0. The largest absolute Gasteiger partial charge is 0.378 e. The number of likely N-dealkylation sites (tertiary alicyclic amines) is 1. The van der Waals surface area contributed by atoms with Crippen LogP contribution in [0.2, 0.25) is 0 Å². The number of amides is 1. The minimum atomic E-state index is -0.329. The Labute approximate surface area is 167 Å². The SMILES string of the molecule is C#CCCC1(CCNC(=O)CCOC2CCN(Cc3ccccc3)CC2)N=N1. The van der Waals surface area contributed by atoms with Gasteiger partial charge < -0.3 is 10.1 Å². The van der Waals surface area contributed by atoms with Gasteiger partial charge in [0.25, 0.3) is 0 Å². The molecule has 1 aromatic rings. The molecule has 2 heterocycles. The molecule has 2 aliphatic rings. The number of nitrogens with zero attached hydrogens (tertiary/aromatic N) is 3. The molecule has 150 valence electrons. The Bertz CT molecular complexity index is 684. The van der Waals surface area contributed by atoms with Gasteiger partial charge >= 0.3 is 0 Å². The van der Waals surface area contributed by atoms with Gasteiger partial charge in [0.05, 0.1) is 12.7 Å². The molecule has 0 atom stereocenters. The standard InChI is InChI=1S/C22H30N4O2/c1-2-3-12-22(24-25-22)13-14-23-21(27)11-17-28-20-9-15-26(16-10-20)18-19-7-5-4-6-8-19/h1,4-8,20H,3,9-18H2,(H,23,27). The van der Waals surface area contributed by atoms with Crippen molar-refractivity contribution in [1.29, 1.82) is 0 Å². The molecular weight excluding hydrogens is 352 g/mol. The molecule has 0 bridgehead atoms. The second-order valence-electron chi connectivity index (χ2n) is 7.57. The smallest absolute Gasteiger partial charge is 0.222 e. The Morgan fingerprint density at radius 3 is 2.68 bits per heavy atom. The Morgan fingerprint density at radius 1 is 1.25 bits per heavy atom. The highest BCUT2D eigenvalue weighted by Crippen LogP contribution is 2.35. The molecule has 6 heteroatoms. The molecular formula is C22H30N4O2. The zero-order chi connectivity index (χ0) is 19.7. The van der Waals surface area contributed by atoms with Gasteiger partial charge in [-0.3, -0.25) is 9.69 Å². The van der Waals surface area contributed by atoms with Crippen LogP contribution in [0.15, 0.2) is 40.6 Å². The van der Waals surface area contributed by atoms with Crippen LogP contribution in [-0.4, -0.2) is 48.8 Å². The van der Waals surface area contributed by atoms with E-state index in [-0.39, 0.29) is 17.7 Å². The quantitative estimate of drug-likeness (QED) is 0.598. The summed E-state index contributed by atoms with van der Waals surface area (Å²) in [6.45, 7) is 4.13. The van der Waals surface area contributed by atoms with E-state index in [0.29, 0.717) is 26.0 Å². The maximum absolute atomic E-state index is 12.0. The van der Waals surface area contributed by atoms with Gasteiger partial charge in [-0.05, 0) is 18.4 Å². The van der Waals surface area contributed by atoms with Crippen LogP contribution in [0.4, 0.5) is 0 Å². The lowest BCUT2D eigenvalue weighted by Crippen LogP contribution is -2.37. The van der Waals surface area contributed by atoms with E-state index in [1.165, 1.54) is 5.56 Å². The summed E-state index contributed by atoms with van der Waals surface area (Å²) in [6.07, 6.45) is 10.1. The molecule has 2 aliphatic heterocycles. The molecule has 28 heavy (non-hydrogen) atoms. The number of hydrogen-bond acceptors (Lipinski definition) is 5. The van der Waals surface area contributed by atoms with Gasteiger partial charge in [-0.2, -0.15) is 10.2 Å². The first kappa shape index (κ1) is 20.5. The van der Waals surface area contributed by atoms with Gasteiger partial charge in [-0.1, -0.05) is 30.3 Å². The van der Waals surface area contributed by atoms with Crippen LogP contribution in [0, 0.1) is 12.3 Å². The molecule has 1 aromatic carbocycles. The molecule has 0 spiro atoms. The van der Waals surface area contributed by atoms with E-state index in [2.05, 4.69) is 50.6 Å². The van der Waals surface area contributed by atoms with Gasteiger partial charge in [0.1, 0.15) is 0 Å². The second-order valence-corrected chi connectivity index (χ2v) is 7.57. The third kappa shape index (κ3) is 6.74. The zero-order valence-electron chi connectivity index (χ0n) is 16.5. The fourth-order valence-corrected chi connectivity index (χ4v) is 3.55. The average molecular weight is 383 g/mol. The van der Waals surface area contributed by atoms with Crippen molar-refractivity contribution in [3.05, 3.63) is 35.9 Å². The van der Waals surface area contributed by atoms with E-state index in [1.807, 2.05) is 6.07 Å². The van der Waals surface area contributed by atoms with Crippen LogP contribution < -0.4 is 5.32 Å². The Hall–Kier alpha value is -2.23. The first-order valence-corrected chi connectivity index (χ1v) is 10.2. The highest BCUT2D eigenvalue weighted by Gasteiger charge is 2.38. The van der Waals surface area contributed by atoms with Crippen LogP contribution in [0.25, 0.3) is 0 Å². The van der Waals surface area contributed by atoms with Crippen LogP contribution in [0.1, 0.15) is 44.1 Å². The topological polar surface area (TPSA) is 66.3 Å². The number of nitrogens with one attached hydrogen (secondary N) is 1. The van der Waals surface area contributed by atoms with Crippen molar-refractivity contribution >= 4 is 5.91 Å². The van der Waals surface area contributed by atoms with E-state index in [1.54, 1.807) is 0 Å². The second kappa shape index (κ2) is 10.4. The van der Waals surface area contributed by atoms with Crippen LogP contribution in [-0.2, 0) is 16.1 Å². The molecule has 6 nitrogen and oxygen atoms in total. The predicted octanol–water partition coefficient (Wildman–Crippen LogP) is 3.14. The summed E-state index contributed by atoms with van der Waals surface area (Å²) in [4.78, 5) is 14.4. The minimum absolute atomic E-state index is 0.0225. The normalized spacial score (nSPS) is 18.5. The molecule has 3 rings (SSSR count). The highest BCUT2D eigenvalue weighted by atomic mass is 16.5. The summed E-state index contributed by atoms with van der Waals surface area (Å²) in [7, 11) is 0. The maximum Gasteiger partial charge on any atom is 0.222 e. The van der Waals surface area contributed by atoms with Crippen molar-refractivity contribution in [2.45, 2.75) is 56.8 Å². The highest BCUT2D eigenvalue weighted by molar-refractivity contribution is 5.75. The van der Waals surface area contributed by atoms with Gasteiger partial charge in [-0.25, -0.2) is 0 Å². The monoisotopic (exact) mass is 382 g/mol. The van der Waals surface area contributed by atoms with Crippen molar-refractivity contribution in [2.75, 3.05) is 26.2 Å². The van der Waals surface area contributed by atoms with Crippen LogP contribution >= 0.6 is 0 Å². The number of carbonyl (C=O) groups is 1. The first-order chi connectivity index (χ1) is 13.7. The number of carbonyl (C=O) groups excluding carboxylic acids is 1. The predicted molar refractivity (Wildman–Crippen MR) is 109 cm³/mol. The average Bonchev–Trinajstić information content (AvgIpc) is 3.48. The molecule has 1 fully saturated rings. The lowest BCUT2D eigenvalue weighted by molar-refractivity contribution is -0.122. The number of terminal acetylenes is 1. The van der Waals surface area contributed by atoms with Crippen LogP contribution in [0.5, 0.6) is 0 Å². The van der Waals surface area contributed by atoms with Crippen molar-refractivity contribution in [2.24, 2.45) is 10.2 Å². The van der Waals surface area contributed by atoms with Gasteiger partial charge in [0.15, 0.2) is 5.66 Å². The minimum Gasteiger partial charge on any atom is -0.378 e. The van der Waals surface area contributed by atoms with E-state index in [9.17, 15) is 4.79 Å². The number of piperidine rings is 1. The number of rotatable bonds is 11. The lowest BCUT2D eigenvalue weighted by atomic mass is 10.0. The molecule has 0 radical (unpaired) electrons. The third-order valence-electron chi connectivity index (χ3n) is 5.37. The summed E-state index contributed by atoms with van der Waals surface area (Å²) in [5, 5.41) is 11.1. The molecule has 1 N–H and O–H groups in total. The summed E-state index contributed by atoms with van der Waals surface area (Å²) in [5.41, 5.74) is 1.02. The van der Waals surface area contributed by atoms with Crippen molar-refractivity contribution in [3.8, 4) is 12.3 Å². The third-order valence-corrected chi connectivity index (χ3v) is 5.37. The Balaban J connectivity index is 1.22. The fraction of sp³-hybridized carbons (Fsp3) is 0.591. The molecule has 1 saturated heterocycles. The fourth-order valence-electron chi connectivity index (χ4n) is 3.55. The van der Waals surface area contributed by atoms with Crippen molar-refractivity contribution in [1.82, 2.24) is 10.2 Å². The molecule has 0 saturated carbocycles. The Morgan fingerprint density at radius 2 is 2.00 bits per heavy atom.